The average molecular weight is 401 g/mol. The number of phenolic OH excluding ortho intramolecular Hbond substituents is 1. The Kier molecular flexibility index (Phi) is 5.98. The standard InChI is InChI=1S/C20H24N3O2PS/c1-22(2)20(27)21-16-10-14-6-4-8-19(25)23(17(14)11-18(16)24)12-13-5-3-7-15(26)9-13/h3,5,7,9-11,24H,4,6,8,12,26H2,1-2H3,(H,21,27). The van der Waals surface area contributed by atoms with Crippen LogP contribution in [0.3, 0.4) is 0 Å². The number of fused-ring (bicyclic) bond motifs is 1. The van der Waals surface area contributed by atoms with Crippen LogP contribution in [0.4, 0.5) is 11.4 Å². The number of rotatable bonds is 3. The van der Waals surface area contributed by atoms with Gasteiger partial charge in [0, 0.05) is 26.6 Å². The molecule has 0 spiro atoms. The smallest absolute Gasteiger partial charge is 0.227 e. The second-order valence-corrected chi connectivity index (χ2v) is 7.95. The van der Waals surface area contributed by atoms with Gasteiger partial charge < -0.3 is 20.2 Å². The molecule has 2 aromatic rings. The second kappa shape index (κ2) is 8.24. The van der Waals surface area contributed by atoms with E-state index in [4.69, 9.17) is 12.2 Å². The fourth-order valence-electron chi connectivity index (χ4n) is 3.15. The first kappa shape index (κ1) is 19.6. The second-order valence-electron chi connectivity index (χ2n) is 6.90. The molecule has 1 unspecified atom stereocenters. The van der Waals surface area contributed by atoms with E-state index in [1.807, 2.05) is 44.4 Å². The monoisotopic (exact) mass is 401 g/mol. The van der Waals surface area contributed by atoms with Gasteiger partial charge in [0.2, 0.25) is 5.91 Å². The van der Waals surface area contributed by atoms with Crippen LogP contribution in [-0.4, -0.2) is 35.1 Å². The van der Waals surface area contributed by atoms with E-state index in [1.165, 1.54) is 0 Å². The molecule has 3 rings (SSSR count). The number of anilines is 2. The maximum absolute atomic E-state index is 12.7. The Morgan fingerprint density at radius 2 is 2.07 bits per heavy atom. The minimum atomic E-state index is 0.0758. The first-order chi connectivity index (χ1) is 12.8. The lowest BCUT2D eigenvalue weighted by Crippen LogP contribution is -2.30. The number of nitrogens with zero attached hydrogens (tertiary/aromatic N) is 2. The summed E-state index contributed by atoms with van der Waals surface area (Å²) in [4.78, 5) is 16.3. The summed E-state index contributed by atoms with van der Waals surface area (Å²) in [7, 11) is 6.37. The van der Waals surface area contributed by atoms with Crippen molar-refractivity contribution < 1.29 is 9.90 Å². The molecule has 1 amide bonds. The van der Waals surface area contributed by atoms with Crippen molar-refractivity contribution in [3.05, 3.63) is 47.5 Å². The summed E-state index contributed by atoms with van der Waals surface area (Å²) in [5, 5.41) is 15.2. The number of aryl methyl sites for hydroxylation is 1. The summed E-state index contributed by atoms with van der Waals surface area (Å²) in [5.74, 6) is 0.157. The molecule has 2 aromatic carbocycles. The lowest BCUT2D eigenvalue weighted by Gasteiger charge is -2.25. The number of carbonyl (C=O) groups is 1. The molecule has 7 heteroatoms. The van der Waals surface area contributed by atoms with Crippen molar-refractivity contribution in [1.82, 2.24) is 4.90 Å². The number of aromatic hydroxyl groups is 1. The van der Waals surface area contributed by atoms with Crippen LogP contribution in [0.1, 0.15) is 24.0 Å². The van der Waals surface area contributed by atoms with E-state index >= 15 is 0 Å². The highest BCUT2D eigenvalue weighted by molar-refractivity contribution is 7.80. The molecule has 1 heterocycles. The fourth-order valence-corrected chi connectivity index (χ4v) is 3.58. The molecule has 0 fully saturated rings. The number of phenols is 1. The van der Waals surface area contributed by atoms with Crippen molar-refractivity contribution in [2.45, 2.75) is 25.8 Å². The first-order valence-corrected chi connectivity index (χ1v) is 9.82. The molecular weight excluding hydrogens is 377 g/mol. The van der Waals surface area contributed by atoms with Gasteiger partial charge in [-0.2, -0.15) is 0 Å². The molecule has 142 valence electrons. The summed E-state index contributed by atoms with van der Waals surface area (Å²) in [6.45, 7) is 0.483. The SMILES string of the molecule is CN(C)C(=S)Nc1cc2c(cc1O)N(Cc1cccc(P)c1)C(=O)CCC2. The number of nitrogens with one attached hydrogen (secondary N) is 1. The van der Waals surface area contributed by atoms with Crippen molar-refractivity contribution in [2.75, 3.05) is 24.3 Å². The van der Waals surface area contributed by atoms with Gasteiger partial charge >= 0.3 is 0 Å². The minimum Gasteiger partial charge on any atom is -0.506 e. The summed E-state index contributed by atoms with van der Waals surface area (Å²) < 4.78 is 0. The predicted molar refractivity (Wildman–Crippen MR) is 118 cm³/mol. The molecule has 1 aliphatic rings. The number of hydrogen-bond donors (Lipinski definition) is 2. The normalized spacial score (nSPS) is 13.7. The number of carbonyl (C=O) groups excluding carboxylic acids is 1. The number of hydrogen-bond acceptors (Lipinski definition) is 3. The van der Waals surface area contributed by atoms with Gasteiger partial charge in [-0.3, -0.25) is 4.79 Å². The largest absolute Gasteiger partial charge is 0.506 e. The van der Waals surface area contributed by atoms with E-state index in [-0.39, 0.29) is 11.7 Å². The Hall–Kier alpha value is -2.17. The quantitative estimate of drug-likeness (QED) is 0.470. The molecule has 0 aliphatic carbocycles. The highest BCUT2D eigenvalue weighted by atomic mass is 32.1. The van der Waals surface area contributed by atoms with E-state index in [2.05, 4.69) is 14.6 Å². The number of benzene rings is 2. The van der Waals surface area contributed by atoms with E-state index in [0.717, 1.165) is 35.0 Å². The maximum Gasteiger partial charge on any atom is 0.227 e. The van der Waals surface area contributed by atoms with Crippen LogP contribution in [-0.2, 0) is 17.8 Å². The Morgan fingerprint density at radius 1 is 1.30 bits per heavy atom. The summed E-state index contributed by atoms with van der Waals surface area (Å²) in [6.07, 6.45) is 2.06. The predicted octanol–water partition coefficient (Wildman–Crippen LogP) is 3.02. The first-order valence-electron chi connectivity index (χ1n) is 8.84. The zero-order valence-electron chi connectivity index (χ0n) is 15.5. The molecule has 0 bridgehead atoms. The van der Waals surface area contributed by atoms with Crippen molar-refractivity contribution in [3.63, 3.8) is 0 Å². The molecule has 0 radical (unpaired) electrons. The molecule has 1 atom stereocenters. The van der Waals surface area contributed by atoms with Crippen molar-refractivity contribution in [1.29, 1.82) is 0 Å². The molecular formula is C20H24N3O2PS. The molecule has 2 N–H and O–H groups in total. The van der Waals surface area contributed by atoms with Gasteiger partial charge in [0.25, 0.3) is 0 Å². The lowest BCUT2D eigenvalue weighted by atomic mass is 10.1. The third-order valence-electron chi connectivity index (χ3n) is 4.57. The number of amides is 1. The Balaban J connectivity index is 1.96. The van der Waals surface area contributed by atoms with Gasteiger partial charge in [0.1, 0.15) is 5.75 Å². The van der Waals surface area contributed by atoms with Crippen LogP contribution in [0.15, 0.2) is 36.4 Å². The van der Waals surface area contributed by atoms with Crippen LogP contribution in [0, 0.1) is 0 Å². The fraction of sp³-hybridized carbons (Fsp3) is 0.300. The van der Waals surface area contributed by atoms with Gasteiger partial charge in [-0.15, -0.1) is 9.24 Å². The third kappa shape index (κ3) is 4.57. The third-order valence-corrected chi connectivity index (χ3v) is 5.39. The maximum atomic E-state index is 12.7. The highest BCUT2D eigenvalue weighted by Crippen LogP contribution is 2.36. The lowest BCUT2D eigenvalue weighted by molar-refractivity contribution is -0.118. The van der Waals surface area contributed by atoms with E-state index in [0.29, 0.717) is 23.8 Å². The molecule has 0 aromatic heterocycles. The number of thiocarbonyl (C=S) groups is 1. The van der Waals surface area contributed by atoms with Gasteiger partial charge in [0.15, 0.2) is 5.11 Å². The van der Waals surface area contributed by atoms with Gasteiger partial charge in [0.05, 0.1) is 17.9 Å². The van der Waals surface area contributed by atoms with Gasteiger partial charge in [-0.05, 0) is 47.6 Å². The molecule has 0 saturated heterocycles. The van der Waals surface area contributed by atoms with Crippen LogP contribution in [0.5, 0.6) is 5.75 Å². The van der Waals surface area contributed by atoms with Gasteiger partial charge in [-0.1, -0.05) is 24.3 Å². The van der Waals surface area contributed by atoms with E-state index in [9.17, 15) is 9.90 Å². The molecule has 27 heavy (non-hydrogen) atoms. The average Bonchev–Trinajstić information content (AvgIpc) is 2.75. The Labute approximate surface area is 167 Å². The molecule has 1 aliphatic heterocycles. The molecule has 0 saturated carbocycles. The van der Waals surface area contributed by atoms with E-state index < -0.39 is 0 Å². The summed E-state index contributed by atoms with van der Waals surface area (Å²) in [5.41, 5.74) is 3.42. The van der Waals surface area contributed by atoms with Crippen molar-refractivity contribution >= 4 is 49.2 Å². The van der Waals surface area contributed by atoms with Crippen LogP contribution < -0.4 is 15.5 Å². The van der Waals surface area contributed by atoms with Crippen LogP contribution >= 0.6 is 21.5 Å². The Bertz CT molecular complexity index is 886. The van der Waals surface area contributed by atoms with Crippen molar-refractivity contribution in [3.8, 4) is 5.75 Å². The topological polar surface area (TPSA) is 55.8 Å². The highest BCUT2D eigenvalue weighted by Gasteiger charge is 2.24. The van der Waals surface area contributed by atoms with Gasteiger partial charge in [-0.25, -0.2) is 0 Å². The van der Waals surface area contributed by atoms with Crippen LogP contribution in [0.25, 0.3) is 0 Å². The summed E-state index contributed by atoms with van der Waals surface area (Å²) in [6, 6.07) is 11.6. The minimum absolute atomic E-state index is 0.0758. The zero-order chi connectivity index (χ0) is 19.6. The van der Waals surface area contributed by atoms with Crippen molar-refractivity contribution in [2.24, 2.45) is 0 Å². The summed E-state index contributed by atoms with van der Waals surface area (Å²) >= 11 is 5.28. The van der Waals surface area contributed by atoms with Crippen LogP contribution in [0.2, 0.25) is 0 Å². The zero-order valence-corrected chi connectivity index (χ0v) is 17.5. The molecule has 5 nitrogen and oxygen atoms in total. The van der Waals surface area contributed by atoms with E-state index in [1.54, 1.807) is 15.9 Å². The Morgan fingerprint density at radius 3 is 2.78 bits per heavy atom.